The zero-order valence-electron chi connectivity index (χ0n) is 16.5. The maximum Gasteiger partial charge on any atom is 0.264 e. The van der Waals surface area contributed by atoms with Crippen LogP contribution in [0, 0.1) is 0 Å². The minimum atomic E-state index is -3.95. The Balaban J connectivity index is 2.41. The highest BCUT2D eigenvalue weighted by Gasteiger charge is 2.26. The smallest absolute Gasteiger partial charge is 0.264 e. The molecule has 0 saturated heterocycles. The lowest BCUT2D eigenvalue weighted by Crippen LogP contribution is -2.31. The lowest BCUT2D eigenvalue weighted by molar-refractivity contribution is 0.0953. The van der Waals surface area contributed by atoms with Gasteiger partial charge in [-0.25, -0.2) is 8.42 Å². The minimum Gasteiger partial charge on any atom is -0.497 e. The molecule has 2 aromatic carbocycles. The number of unbranched alkanes of at least 4 members (excludes halogenated alkanes) is 1. The molecule has 29 heavy (non-hydrogen) atoms. The molecule has 0 aliphatic heterocycles. The third-order valence-corrected chi connectivity index (χ3v) is 6.36. The first-order chi connectivity index (χ1) is 13.8. The Hall–Kier alpha value is -2.51. The van der Waals surface area contributed by atoms with Crippen molar-refractivity contribution in [3.8, 4) is 5.75 Å². The van der Waals surface area contributed by atoms with Gasteiger partial charge in [0.25, 0.3) is 15.9 Å². The first kappa shape index (κ1) is 22.8. The van der Waals surface area contributed by atoms with Crippen LogP contribution >= 0.6 is 11.6 Å². The van der Waals surface area contributed by atoms with E-state index < -0.39 is 15.9 Å². The van der Waals surface area contributed by atoms with Crippen LogP contribution in [0.25, 0.3) is 0 Å². The molecule has 0 aliphatic carbocycles. The highest BCUT2D eigenvalue weighted by Crippen LogP contribution is 2.28. The van der Waals surface area contributed by atoms with E-state index in [2.05, 4.69) is 11.9 Å². The summed E-state index contributed by atoms with van der Waals surface area (Å²) in [5.41, 5.74) is 0.576. The molecule has 0 aliphatic rings. The van der Waals surface area contributed by atoms with E-state index in [1.54, 1.807) is 24.3 Å². The number of rotatable bonds is 10. The van der Waals surface area contributed by atoms with E-state index in [0.717, 1.165) is 12.8 Å². The molecule has 0 aromatic heterocycles. The normalized spacial score (nSPS) is 11.0. The SMILES string of the molecule is C=CCN(c1ccc(OC)cc1)S(=O)(=O)c1ccc(Cl)c(C(=O)NCCCC)c1. The zero-order chi connectivity index (χ0) is 21.4. The Morgan fingerprint density at radius 2 is 1.93 bits per heavy atom. The predicted molar refractivity (Wildman–Crippen MR) is 116 cm³/mol. The van der Waals surface area contributed by atoms with E-state index in [1.165, 1.54) is 35.7 Å². The van der Waals surface area contributed by atoms with E-state index in [-0.39, 0.29) is 22.0 Å². The molecule has 2 aromatic rings. The van der Waals surface area contributed by atoms with E-state index in [1.807, 2.05) is 6.92 Å². The van der Waals surface area contributed by atoms with Crippen molar-refractivity contribution >= 4 is 33.2 Å². The van der Waals surface area contributed by atoms with Crippen LogP contribution in [0.1, 0.15) is 30.1 Å². The number of nitrogens with one attached hydrogen (secondary N) is 1. The van der Waals surface area contributed by atoms with Crippen LogP contribution in [0.2, 0.25) is 5.02 Å². The lowest BCUT2D eigenvalue weighted by atomic mass is 10.2. The Kier molecular flexibility index (Phi) is 8.10. The van der Waals surface area contributed by atoms with Crippen LogP contribution in [0.4, 0.5) is 5.69 Å². The Bertz CT molecular complexity index is 959. The molecule has 6 nitrogen and oxygen atoms in total. The predicted octanol–water partition coefficient (Wildman–Crippen LogP) is 4.26. The van der Waals surface area contributed by atoms with Crippen molar-refractivity contribution in [3.63, 3.8) is 0 Å². The van der Waals surface area contributed by atoms with Gasteiger partial charge in [0.15, 0.2) is 0 Å². The molecule has 0 atom stereocenters. The maximum absolute atomic E-state index is 13.3. The summed E-state index contributed by atoms with van der Waals surface area (Å²) >= 11 is 6.15. The molecule has 156 valence electrons. The molecule has 8 heteroatoms. The third-order valence-electron chi connectivity index (χ3n) is 4.24. The Morgan fingerprint density at radius 3 is 2.52 bits per heavy atom. The van der Waals surface area contributed by atoms with Gasteiger partial charge < -0.3 is 10.1 Å². The molecule has 0 heterocycles. The molecule has 2 rings (SSSR count). The number of hydrogen-bond donors (Lipinski definition) is 1. The summed E-state index contributed by atoms with van der Waals surface area (Å²) < 4.78 is 32.9. The van der Waals surface area contributed by atoms with E-state index in [9.17, 15) is 13.2 Å². The molecule has 0 fully saturated rings. The van der Waals surface area contributed by atoms with Gasteiger partial charge in [-0.05, 0) is 48.9 Å². The average Bonchev–Trinajstić information content (AvgIpc) is 2.72. The Morgan fingerprint density at radius 1 is 1.24 bits per heavy atom. The van der Waals surface area contributed by atoms with Crippen LogP contribution < -0.4 is 14.4 Å². The zero-order valence-corrected chi connectivity index (χ0v) is 18.1. The number of halogens is 1. The fourth-order valence-electron chi connectivity index (χ4n) is 2.65. The second-order valence-electron chi connectivity index (χ2n) is 6.27. The minimum absolute atomic E-state index is 0.0276. The lowest BCUT2D eigenvalue weighted by Gasteiger charge is -2.23. The summed E-state index contributed by atoms with van der Waals surface area (Å²) in [5.74, 6) is 0.211. The van der Waals surface area contributed by atoms with Gasteiger partial charge in [-0.3, -0.25) is 9.10 Å². The number of benzene rings is 2. The standard InChI is InChI=1S/C21H25ClN2O4S/c1-4-6-13-23-21(25)19-15-18(11-12-20(19)22)29(26,27)24(14-5-2)16-7-9-17(28-3)10-8-16/h5,7-12,15H,2,4,6,13-14H2,1,3H3,(H,23,25). The van der Waals surface area contributed by atoms with Gasteiger partial charge in [-0.1, -0.05) is 31.0 Å². The number of anilines is 1. The number of amides is 1. The maximum atomic E-state index is 13.3. The van der Waals surface area contributed by atoms with E-state index in [0.29, 0.717) is 18.0 Å². The number of carbonyl (C=O) groups excluding carboxylic acids is 1. The summed E-state index contributed by atoms with van der Waals surface area (Å²) in [6.07, 6.45) is 3.25. The van der Waals surface area contributed by atoms with Crippen LogP contribution in [0.15, 0.2) is 60.0 Å². The van der Waals surface area contributed by atoms with Crippen molar-refractivity contribution in [3.05, 3.63) is 65.7 Å². The summed E-state index contributed by atoms with van der Waals surface area (Å²) in [4.78, 5) is 12.4. The Labute approximate surface area is 177 Å². The summed E-state index contributed by atoms with van der Waals surface area (Å²) in [5, 5.41) is 2.95. The van der Waals surface area contributed by atoms with Gasteiger partial charge in [0, 0.05) is 6.54 Å². The molecule has 1 amide bonds. The molecule has 0 saturated carbocycles. The van der Waals surface area contributed by atoms with Crippen LogP contribution in [0.5, 0.6) is 5.75 Å². The van der Waals surface area contributed by atoms with Gasteiger partial charge in [0.2, 0.25) is 0 Å². The van der Waals surface area contributed by atoms with Crippen LogP contribution in [0.3, 0.4) is 0 Å². The average molecular weight is 437 g/mol. The number of hydrogen-bond acceptors (Lipinski definition) is 4. The molecule has 0 radical (unpaired) electrons. The first-order valence-electron chi connectivity index (χ1n) is 9.20. The van der Waals surface area contributed by atoms with Gasteiger partial charge in [0.05, 0.1) is 34.8 Å². The van der Waals surface area contributed by atoms with Crippen molar-refractivity contribution in [2.24, 2.45) is 0 Å². The summed E-state index contributed by atoms with van der Waals surface area (Å²) in [7, 11) is -2.42. The summed E-state index contributed by atoms with van der Waals surface area (Å²) in [6, 6.07) is 10.8. The monoisotopic (exact) mass is 436 g/mol. The fourth-order valence-corrected chi connectivity index (χ4v) is 4.31. The van der Waals surface area contributed by atoms with Crippen LogP contribution in [-0.4, -0.2) is 34.5 Å². The molecular formula is C21H25ClN2O4S. The van der Waals surface area contributed by atoms with E-state index in [4.69, 9.17) is 16.3 Å². The van der Waals surface area contributed by atoms with Crippen molar-refractivity contribution in [1.29, 1.82) is 0 Å². The second kappa shape index (κ2) is 10.3. The number of methoxy groups -OCH3 is 1. The fraction of sp³-hybridized carbons (Fsp3) is 0.286. The quantitative estimate of drug-likeness (QED) is 0.446. The third kappa shape index (κ3) is 5.52. The first-order valence-corrected chi connectivity index (χ1v) is 11.0. The number of nitrogens with zero attached hydrogens (tertiary/aromatic N) is 1. The van der Waals surface area contributed by atoms with Gasteiger partial charge in [-0.2, -0.15) is 0 Å². The van der Waals surface area contributed by atoms with Gasteiger partial charge in [-0.15, -0.1) is 6.58 Å². The number of sulfonamides is 1. The van der Waals surface area contributed by atoms with E-state index >= 15 is 0 Å². The van der Waals surface area contributed by atoms with Crippen molar-refractivity contribution < 1.29 is 17.9 Å². The van der Waals surface area contributed by atoms with Crippen LogP contribution in [-0.2, 0) is 10.0 Å². The van der Waals surface area contributed by atoms with Crippen molar-refractivity contribution in [2.45, 2.75) is 24.7 Å². The topological polar surface area (TPSA) is 75.7 Å². The van der Waals surface area contributed by atoms with Gasteiger partial charge >= 0.3 is 0 Å². The highest BCUT2D eigenvalue weighted by molar-refractivity contribution is 7.92. The summed E-state index contributed by atoms with van der Waals surface area (Å²) in [6.45, 7) is 6.23. The molecule has 0 spiro atoms. The second-order valence-corrected chi connectivity index (χ2v) is 8.54. The van der Waals surface area contributed by atoms with Crippen molar-refractivity contribution in [2.75, 3.05) is 24.5 Å². The molecule has 1 N–H and O–H groups in total. The largest absolute Gasteiger partial charge is 0.497 e. The van der Waals surface area contributed by atoms with Crippen molar-refractivity contribution in [1.82, 2.24) is 5.32 Å². The molecular weight excluding hydrogens is 412 g/mol. The number of carbonyl (C=O) groups is 1. The molecule has 0 bridgehead atoms. The highest BCUT2D eigenvalue weighted by atomic mass is 35.5. The van der Waals surface area contributed by atoms with Gasteiger partial charge in [0.1, 0.15) is 5.75 Å². The molecule has 0 unspecified atom stereocenters. The number of ether oxygens (including phenoxy) is 1.